The van der Waals surface area contributed by atoms with Gasteiger partial charge in [-0.15, -0.1) is 0 Å². The summed E-state index contributed by atoms with van der Waals surface area (Å²) in [5.74, 6) is 1.38. The van der Waals surface area contributed by atoms with E-state index >= 15 is 0 Å². The predicted molar refractivity (Wildman–Crippen MR) is 87.7 cm³/mol. The minimum absolute atomic E-state index is 0.649. The van der Waals surface area contributed by atoms with E-state index in [0.29, 0.717) is 5.92 Å². The molecule has 1 atom stereocenters. The Morgan fingerprint density at radius 1 is 1.10 bits per heavy atom. The highest BCUT2D eigenvalue weighted by atomic mass is 16.5. The van der Waals surface area contributed by atoms with Gasteiger partial charge in [0.1, 0.15) is 0 Å². The number of ether oxygens (including phenoxy) is 1. The molecule has 116 valence electrons. The molecule has 0 aliphatic heterocycles. The van der Waals surface area contributed by atoms with Crippen molar-refractivity contribution in [2.45, 2.75) is 59.8 Å². The van der Waals surface area contributed by atoms with E-state index in [1.165, 1.54) is 18.4 Å². The molecular weight excluding hydrogens is 248 g/mol. The Labute approximate surface area is 125 Å². The van der Waals surface area contributed by atoms with E-state index in [9.17, 15) is 0 Å². The first kappa shape index (κ1) is 18.8. The van der Waals surface area contributed by atoms with Gasteiger partial charge in [0.2, 0.25) is 0 Å². The van der Waals surface area contributed by atoms with Gasteiger partial charge in [0.25, 0.3) is 0 Å². The van der Waals surface area contributed by atoms with Crippen LogP contribution >= 0.6 is 0 Å². The second-order valence-corrected chi connectivity index (χ2v) is 5.69. The van der Waals surface area contributed by atoms with Crippen LogP contribution in [0.1, 0.15) is 59.8 Å². The van der Waals surface area contributed by atoms with Crippen molar-refractivity contribution in [3.63, 3.8) is 0 Å². The van der Waals surface area contributed by atoms with E-state index in [2.05, 4.69) is 39.8 Å². The standard InChI is InChI=1S/C18H32O2/c1-5-18(14-16(2)3)17(4)15-20-13-11-9-7-6-8-10-12-19/h7,9-10,12,15-16,18-19H,5-6,8,11,13-14H2,1-4H3. The van der Waals surface area contributed by atoms with Gasteiger partial charge in [-0.25, -0.2) is 0 Å². The van der Waals surface area contributed by atoms with E-state index in [4.69, 9.17) is 9.84 Å². The van der Waals surface area contributed by atoms with Crippen LogP contribution in [0.3, 0.4) is 0 Å². The van der Waals surface area contributed by atoms with Crippen molar-refractivity contribution in [3.05, 3.63) is 36.3 Å². The van der Waals surface area contributed by atoms with Crippen molar-refractivity contribution in [1.82, 2.24) is 0 Å². The Kier molecular flexibility index (Phi) is 12.1. The fourth-order valence-electron chi connectivity index (χ4n) is 2.17. The molecule has 0 saturated carbocycles. The third-order valence-electron chi connectivity index (χ3n) is 3.34. The molecule has 1 N–H and O–H groups in total. The Balaban J connectivity index is 3.81. The van der Waals surface area contributed by atoms with Crippen LogP contribution in [0.4, 0.5) is 0 Å². The number of allylic oxidation sites excluding steroid dienone is 3. The van der Waals surface area contributed by atoms with E-state index < -0.39 is 0 Å². The highest BCUT2D eigenvalue weighted by Crippen LogP contribution is 2.22. The summed E-state index contributed by atoms with van der Waals surface area (Å²) in [5.41, 5.74) is 1.36. The summed E-state index contributed by atoms with van der Waals surface area (Å²) in [6.45, 7) is 9.70. The van der Waals surface area contributed by atoms with Crippen molar-refractivity contribution in [2.24, 2.45) is 11.8 Å². The lowest BCUT2D eigenvalue weighted by Gasteiger charge is -2.17. The molecule has 0 amide bonds. The molecule has 0 saturated heterocycles. The zero-order valence-corrected chi connectivity index (χ0v) is 13.6. The molecule has 20 heavy (non-hydrogen) atoms. The molecule has 0 rings (SSSR count). The van der Waals surface area contributed by atoms with Gasteiger partial charge in [-0.05, 0) is 62.5 Å². The molecule has 0 spiro atoms. The molecule has 0 fully saturated rings. The van der Waals surface area contributed by atoms with Crippen LogP contribution in [-0.2, 0) is 4.74 Å². The van der Waals surface area contributed by atoms with Gasteiger partial charge in [0.05, 0.1) is 19.1 Å². The van der Waals surface area contributed by atoms with Gasteiger partial charge < -0.3 is 9.84 Å². The largest absolute Gasteiger partial charge is 0.516 e. The SMILES string of the molecule is CCC(CC(C)C)C(C)=COCCC=CCCC=CO. The highest BCUT2D eigenvalue weighted by molar-refractivity contribution is 4.99. The maximum atomic E-state index is 8.48. The Bertz CT molecular complexity index is 301. The zero-order valence-electron chi connectivity index (χ0n) is 13.6. The first-order chi connectivity index (χ1) is 9.61. The molecule has 0 radical (unpaired) electrons. The monoisotopic (exact) mass is 280 g/mol. The number of aliphatic hydroxyl groups excluding tert-OH is 1. The topological polar surface area (TPSA) is 29.5 Å². The van der Waals surface area contributed by atoms with Gasteiger partial charge in [-0.3, -0.25) is 0 Å². The molecule has 0 aliphatic rings. The van der Waals surface area contributed by atoms with Crippen molar-refractivity contribution in [1.29, 1.82) is 0 Å². The molecule has 0 aliphatic carbocycles. The third kappa shape index (κ3) is 10.7. The number of hydrogen-bond acceptors (Lipinski definition) is 2. The fraction of sp³-hybridized carbons (Fsp3) is 0.667. The molecule has 0 heterocycles. The Hall–Kier alpha value is -1.18. The normalized spacial score (nSPS) is 14.6. The van der Waals surface area contributed by atoms with Gasteiger partial charge in [0, 0.05) is 0 Å². The van der Waals surface area contributed by atoms with E-state index in [1.807, 2.05) is 6.26 Å². The van der Waals surface area contributed by atoms with E-state index in [1.54, 1.807) is 6.08 Å². The van der Waals surface area contributed by atoms with Crippen molar-refractivity contribution < 1.29 is 9.84 Å². The lowest BCUT2D eigenvalue weighted by Crippen LogP contribution is -2.05. The minimum atomic E-state index is 0.649. The summed E-state index contributed by atoms with van der Waals surface area (Å²) >= 11 is 0. The lowest BCUT2D eigenvalue weighted by atomic mass is 9.89. The van der Waals surface area contributed by atoms with Crippen LogP contribution < -0.4 is 0 Å². The average molecular weight is 280 g/mol. The molecule has 0 aromatic carbocycles. The van der Waals surface area contributed by atoms with Crippen molar-refractivity contribution in [3.8, 4) is 0 Å². The molecular formula is C18H32O2. The molecule has 0 aromatic rings. The smallest absolute Gasteiger partial charge is 0.0907 e. The summed E-state index contributed by atoms with van der Waals surface area (Å²) in [6, 6.07) is 0. The molecule has 2 nitrogen and oxygen atoms in total. The maximum absolute atomic E-state index is 8.48. The van der Waals surface area contributed by atoms with Gasteiger partial charge in [-0.1, -0.05) is 32.9 Å². The fourth-order valence-corrected chi connectivity index (χ4v) is 2.17. The lowest BCUT2D eigenvalue weighted by molar-refractivity contribution is 0.248. The van der Waals surface area contributed by atoms with Crippen LogP contribution in [0.2, 0.25) is 0 Å². The molecule has 2 heteroatoms. The molecule has 1 unspecified atom stereocenters. The number of unbranched alkanes of at least 4 members (excludes halogenated alkanes) is 1. The number of rotatable bonds is 11. The average Bonchev–Trinajstić information content (AvgIpc) is 2.42. The molecule has 0 bridgehead atoms. The highest BCUT2D eigenvalue weighted by Gasteiger charge is 2.10. The summed E-state index contributed by atoms with van der Waals surface area (Å²) in [4.78, 5) is 0. The second kappa shape index (κ2) is 12.8. The van der Waals surface area contributed by atoms with Crippen LogP contribution in [0, 0.1) is 11.8 Å². The number of hydrogen-bond donors (Lipinski definition) is 1. The van der Waals surface area contributed by atoms with Crippen molar-refractivity contribution >= 4 is 0 Å². The summed E-state index contributed by atoms with van der Waals surface area (Å²) in [7, 11) is 0. The van der Waals surface area contributed by atoms with Crippen LogP contribution in [-0.4, -0.2) is 11.7 Å². The maximum Gasteiger partial charge on any atom is 0.0907 e. The first-order valence-electron chi connectivity index (χ1n) is 7.84. The first-order valence-corrected chi connectivity index (χ1v) is 7.84. The van der Waals surface area contributed by atoms with E-state index in [-0.39, 0.29) is 0 Å². The van der Waals surface area contributed by atoms with Gasteiger partial charge >= 0.3 is 0 Å². The quantitative estimate of drug-likeness (QED) is 0.295. The summed E-state index contributed by atoms with van der Waals surface area (Å²) < 4.78 is 5.62. The van der Waals surface area contributed by atoms with E-state index in [0.717, 1.165) is 38.0 Å². The minimum Gasteiger partial charge on any atom is -0.516 e. The summed E-state index contributed by atoms with van der Waals surface area (Å²) in [6.07, 6.45) is 14.3. The molecule has 0 aromatic heterocycles. The Morgan fingerprint density at radius 3 is 2.35 bits per heavy atom. The second-order valence-electron chi connectivity index (χ2n) is 5.69. The zero-order chi connectivity index (χ0) is 15.2. The van der Waals surface area contributed by atoms with Crippen LogP contribution in [0.15, 0.2) is 36.3 Å². The van der Waals surface area contributed by atoms with Crippen molar-refractivity contribution in [2.75, 3.05) is 6.61 Å². The van der Waals surface area contributed by atoms with Crippen LogP contribution in [0.5, 0.6) is 0 Å². The third-order valence-corrected chi connectivity index (χ3v) is 3.34. The van der Waals surface area contributed by atoms with Gasteiger partial charge in [-0.2, -0.15) is 0 Å². The van der Waals surface area contributed by atoms with Gasteiger partial charge in [0.15, 0.2) is 0 Å². The predicted octanol–water partition coefficient (Wildman–Crippen LogP) is 5.78. The Morgan fingerprint density at radius 2 is 1.75 bits per heavy atom. The number of aliphatic hydroxyl groups is 1. The summed E-state index contributed by atoms with van der Waals surface area (Å²) in [5, 5.41) is 8.48. The van der Waals surface area contributed by atoms with Crippen LogP contribution in [0.25, 0.3) is 0 Å².